The van der Waals surface area contributed by atoms with Gasteiger partial charge >= 0.3 is 5.97 Å². The summed E-state index contributed by atoms with van der Waals surface area (Å²) in [7, 11) is 0. The number of carbonyl (C=O) groups is 1. The zero-order valence-corrected chi connectivity index (χ0v) is 12.1. The number of hydrogen-bond donors (Lipinski definition) is 1. The Kier molecular flexibility index (Phi) is 6.15. The average molecular weight is 317 g/mol. The van der Waals surface area contributed by atoms with Crippen LogP contribution in [0.2, 0.25) is 0 Å². The van der Waals surface area contributed by atoms with E-state index in [1.54, 1.807) is 25.1 Å². The first-order valence-corrected chi connectivity index (χ1v) is 6.64. The number of carbonyl (C=O) groups excluding carboxylic acids is 1. The number of esters is 1. The summed E-state index contributed by atoms with van der Waals surface area (Å²) in [6.45, 7) is 3.86. The summed E-state index contributed by atoms with van der Waals surface area (Å²) < 4.78 is 11.3. The van der Waals surface area contributed by atoms with Crippen LogP contribution in [0.25, 0.3) is 0 Å². The van der Waals surface area contributed by atoms with Crippen molar-refractivity contribution < 1.29 is 19.4 Å². The second-order valence-electron chi connectivity index (χ2n) is 3.68. The van der Waals surface area contributed by atoms with Gasteiger partial charge in [-0.1, -0.05) is 22.9 Å². The van der Waals surface area contributed by atoms with Crippen LogP contribution in [0, 0.1) is 0 Å². The summed E-state index contributed by atoms with van der Waals surface area (Å²) in [6, 6.07) is 5.22. The molecule has 0 amide bonds. The van der Waals surface area contributed by atoms with E-state index < -0.39 is 6.10 Å². The quantitative estimate of drug-likeness (QED) is 0.820. The first kappa shape index (κ1) is 15.0. The van der Waals surface area contributed by atoms with Crippen molar-refractivity contribution in [1.29, 1.82) is 0 Å². The van der Waals surface area contributed by atoms with Gasteiger partial charge in [0.2, 0.25) is 0 Å². The molecular weight excluding hydrogens is 300 g/mol. The van der Waals surface area contributed by atoms with Gasteiger partial charge in [-0.25, -0.2) is 4.79 Å². The molecule has 1 aromatic carbocycles. The maximum Gasteiger partial charge on any atom is 0.347 e. The molecule has 1 N–H and O–H groups in total. The minimum atomic E-state index is -0.613. The van der Waals surface area contributed by atoms with Gasteiger partial charge in [-0.2, -0.15) is 0 Å². The fourth-order valence-electron chi connectivity index (χ4n) is 1.44. The van der Waals surface area contributed by atoms with E-state index in [9.17, 15) is 4.79 Å². The Morgan fingerprint density at radius 2 is 2.17 bits per heavy atom. The van der Waals surface area contributed by atoms with E-state index in [2.05, 4.69) is 15.9 Å². The molecule has 0 saturated heterocycles. The lowest BCUT2D eigenvalue weighted by Gasteiger charge is -2.16. The van der Waals surface area contributed by atoms with Crippen LogP contribution in [0.1, 0.15) is 25.8 Å². The van der Waals surface area contributed by atoms with Crippen molar-refractivity contribution in [3.8, 4) is 5.75 Å². The minimum absolute atomic E-state index is 0.0893. The number of halogens is 1. The Hall–Kier alpha value is -1.07. The monoisotopic (exact) mass is 316 g/mol. The molecule has 0 aromatic heterocycles. The fourth-order valence-corrected chi connectivity index (χ4v) is 1.82. The lowest BCUT2D eigenvalue weighted by atomic mass is 10.2. The number of benzene rings is 1. The van der Waals surface area contributed by atoms with Crippen molar-refractivity contribution >= 4 is 21.9 Å². The van der Waals surface area contributed by atoms with Gasteiger partial charge in [0.1, 0.15) is 5.75 Å². The van der Waals surface area contributed by atoms with Crippen molar-refractivity contribution in [1.82, 2.24) is 0 Å². The Labute approximate surface area is 115 Å². The predicted molar refractivity (Wildman–Crippen MR) is 71.4 cm³/mol. The van der Waals surface area contributed by atoms with Gasteiger partial charge in [-0.15, -0.1) is 0 Å². The van der Waals surface area contributed by atoms with Gasteiger partial charge < -0.3 is 14.6 Å². The average Bonchev–Trinajstić information content (AvgIpc) is 2.37. The highest BCUT2D eigenvalue weighted by molar-refractivity contribution is 9.10. The van der Waals surface area contributed by atoms with Crippen LogP contribution in [0.5, 0.6) is 5.75 Å². The van der Waals surface area contributed by atoms with Gasteiger partial charge in [-0.05, 0) is 37.1 Å². The maximum atomic E-state index is 11.6. The highest BCUT2D eigenvalue weighted by Crippen LogP contribution is 2.23. The van der Waals surface area contributed by atoms with Gasteiger partial charge in [0.15, 0.2) is 6.10 Å². The highest BCUT2D eigenvalue weighted by atomic mass is 79.9. The summed E-state index contributed by atoms with van der Waals surface area (Å²) in [4.78, 5) is 11.6. The fraction of sp³-hybridized carbons (Fsp3) is 0.462. The molecule has 100 valence electrons. The molecular formula is C13H17BrO4. The Balaban J connectivity index is 2.78. The summed E-state index contributed by atoms with van der Waals surface area (Å²) in [5.74, 6) is 0.177. The Bertz CT molecular complexity index is 406. The maximum absolute atomic E-state index is 11.6. The van der Waals surface area contributed by atoms with E-state index in [1.807, 2.05) is 6.92 Å². The number of aliphatic hydroxyl groups excluding tert-OH is 1. The van der Waals surface area contributed by atoms with Crippen molar-refractivity contribution in [2.75, 3.05) is 6.61 Å². The third-order valence-corrected chi connectivity index (χ3v) is 3.16. The van der Waals surface area contributed by atoms with E-state index in [0.29, 0.717) is 24.3 Å². The largest absolute Gasteiger partial charge is 0.479 e. The standard InChI is InChI=1S/C13H17BrO4/c1-3-12(13(16)17-4-2)18-10-5-6-11(14)9(7-10)8-15/h5-7,12,15H,3-4,8H2,1-2H3. The molecule has 5 heteroatoms. The molecule has 0 radical (unpaired) electrons. The smallest absolute Gasteiger partial charge is 0.347 e. The first-order chi connectivity index (χ1) is 8.62. The normalized spacial score (nSPS) is 12.0. The number of aliphatic hydroxyl groups is 1. The van der Waals surface area contributed by atoms with Crippen molar-refractivity contribution in [2.24, 2.45) is 0 Å². The van der Waals surface area contributed by atoms with E-state index in [0.717, 1.165) is 4.47 Å². The van der Waals surface area contributed by atoms with Crippen molar-refractivity contribution in [3.05, 3.63) is 28.2 Å². The van der Waals surface area contributed by atoms with Crippen LogP contribution in [0.3, 0.4) is 0 Å². The van der Waals surface area contributed by atoms with Crippen LogP contribution in [0.15, 0.2) is 22.7 Å². The van der Waals surface area contributed by atoms with Gasteiger partial charge in [-0.3, -0.25) is 0 Å². The molecule has 0 fully saturated rings. The molecule has 0 spiro atoms. The first-order valence-electron chi connectivity index (χ1n) is 5.84. The van der Waals surface area contributed by atoms with Gasteiger partial charge in [0, 0.05) is 4.47 Å². The van der Waals surface area contributed by atoms with Crippen molar-refractivity contribution in [3.63, 3.8) is 0 Å². The Morgan fingerprint density at radius 3 is 2.72 bits per heavy atom. The van der Waals surface area contributed by atoms with Crippen LogP contribution >= 0.6 is 15.9 Å². The number of ether oxygens (including phenoxy) is 2. The lowest BCUT2D eigenvalue weighted by molar-refractivity contribution is -0.151. The number of hydrogen-bond acceptors (Lipinski definition) is 4. The van der Waals surface area contributed by atoms with E-state index >= 15 is 0 Å². The van der Waals surface area contributed by atoms with E-state index in [-0.39, 0.29) is 12.6 Å². The summed E-state index contributed by atoms with van der Waals surface area (Å²) in [6.07, 6.45) is -0.0822. The Morgan fingerprint density at radius 1 is 1.44 bits per heavy atom. The zero-order valence-electron chi connectivity index (χ0n) is 10.5. The molecule has 0 saturated carbocycles. The van der Waals surface area contributed by atoms with E-state index in [1.165, 1.54) is 0 Å². The predicted octanol–water partition coefficient (Wildman–Crippen LogP) is 2.66. The minimum Gasteiger partial charge on any atom is -0.479 e. The topological polar surface area (TPSA) is 55.8 Å². The highest BCUT2D eigenvalue weighted by Gasteiger charge is 2.19. The van der Waals surface area contributed by atoms with Crippen LogP contribution in [-0.4, -0.2) is 23.8 Å². The second kappa shape index (κ2) is 7.38. The molecule has 0 bridgehead atoms. The molecule has 1 rings (SSSR count). The molecule has 0 aliphatic carbocycles. The van der Waals surface area contributed by atoms with Crippen LogP contribution in [0.4, 0.5) is 0 Å². The molecule has 0 heterocycles. The molecule has 4 nitrogen and oxygen atoms in total. The third-order valence-electron chi connectivity index (χ3n) is 2.39. The SMILES string of the molecule is CCOC(=O)C(CC)Oc1ccc(Br)c(CO)c1. The van der Waals surface area contributed by atoms with E-state index in [4.69, 9.17) is 14.6 Å². The molecule has 1 unspecified atom stereocenters. The lowest BCUT2D eigenvalue weighted by Crippen LogP contribution is -2.28. The van der Waals surface area contributed by atoms with Gasteiger partial charge in [0.25, 0.3) is 0 Å². The molecule has 0 aliphatic heterocycles. The van der Waals surface area contributed by atoms with Crippen molar-refractivity contribution in [2.45, 2.75) is 33.0 Å². The third kappa shape index (κ3) is 3.99. The number of rotatable bonds is 6. The molecule has 0 aliphatic rings. The second-order valence-corrected chi connectivity index (χ2v) is 4.53. The molecule has 18 heavy (non-hydrogen) atoms. The molecule has 1 aromatic rings. The molecule has 1 atom stereocenters. The zero-order chi connectivity index (χ0) is 13.5. The summed E-state index contributed by atoms with van der Waals surface area (Å²) >= 11 is 3.32. The summed E-state index contributed by atoms with van der Waals surface area (Å²) in [5.41, 5.74) is 0.714. The van der Waals surface area contributed by atoms with Crippen LogP contribution in [-0.2, 0) is 16.1 Å². The van der Waals surface area contributed by atoms with Gasteiger partial charge in [0.05, 0.1) is 13.2 Å². The van der Waals surface area contributed by atoms with Crippen LogP contribution < -0.4 is 4.74 Å². The summed E-state index contributed by atoms with van der Waals surface area (Å²) in [5, 5.41) is 9.15.